The zero-order valence-electron chi connectivity index (χ0n) is 23.8. The summed E-state index contributed by atoms with van der Waals surface area (Å²) in [6.07, 6.45) is 4.71. The number of aromatic hydroxyl groups is 1. The van der Waals surface area contributed by atoms with Crippen LogP contribution >= 0.6 is 39.3 Å². The molecule has 0 aliphatic carbocycles. The third-order valence-corrected chi connectivity index (χ3v) is 7.90. The van der Waals surface area contributed by atoms with Crippen LogP contribution in [-0.4, -0.2) is 46.4 Å². The van der Waals surface area contributed by atoms with E-state index >= 15 is 0 Å². The summed E-state index contributed by atoms with van der Waals surface area (Å²) in [6, 6.07) is 20.4. The number of carbonyl (C=O) groups is 2. The molecule has 0 bridgehead atoms. The third kappa shape index (κ3) is 8.56. The van der Waals surface area contributed by atoms with Crippen molar-refractivity contribution in [1.29, 1.82) is 0 Å². The molecule has 2 N–H and O–H groups in total. The molecule has 0 radical (unpaired) electrons. The molecular formula is C32H26BrClN4O6S. The summed E-state index contributed by atoms with van der Waals surface area (Å²) in [6.45, 7) is 2.11. The summed E-state index contributed by atoms with van der Waals surface area (Å²) in [4.78, 5) is 28.0. The number of rotatable bonds is 11. The second-order valence-corrected chi connectivity index (χ2v) is 11.8. The Bertz CT molecular complexity index is 1780. The number of amidine groups is 1. The van der Waals surface area contributed by atoms with E-state index in [0.29, 0.717) is 55.8 Å². The van der Waals surface area contributed by atoms with Gasteiger partial charge in [0, 0.05) is 20.7 Å². The number of furan rings is 1. The van der Waals surface area contributed by atoms with Gasteiger partial charge in [-0.1, -0.05) is 27.5 Å². The van der Waals surface area contributed by atoms with E-state index in [4.69, 9.17) is 25.5 Å². The smallest absolute Gasteiger partial charge is 0.267 e. The molecule has 10 nitrogen and oxygen atoms in total. The van der Waals surface area contributed by atoms with Gasteiger partial charge in [-0.05, 0) is 103 Å². The van der Waals surface area contributed by atoms with Crippen LogP contribution in [0.15, 0.2) is 103 Å². The van der Waals surface area contributed by atoms with Crippen LogP contribution in [0.25, 0.3) is 6.08 Å². The molecule has 0 saturated carbocycles. The van der Waals surface area contributed by atoms with Gasteiger partial charge in [-0.15, -0.1) is 5.10 Å². The second-order valence-electron chi connectivity index (χ2n) is 9.39. The summed E-state index contributed by atoms with van der Waals surface area (Å²) in [5.74, 6) is 0.668. The molecule has 13 heteroatoms. The van der Waals surface area contributed by atoms with Crippen molar-refractivity contribution in [3.05, 3.63) is 110 Å². The number of carbonyl (C=O) groups excluding carboxylic acids is 2. The monoisotopic (exact) mass is 708 g/mol. The maximum Gasteiger partial charge on any atom is 0.267 e. The molecule has 1 fully saturated rings. The van der Waals surface area contributed by atoms with Crippen molar-refractivity contribution in [1.82, 2.24) is 4.90 Å². The van der Waals surface area contributed by atoms with Gasteiger partial charge in [0.2, 0.25) is 0 Å². The Morgan fingerprint density at radius 3 is 2.69 bits per heavy atom. The fourth-order valence-corrected chi connectivity index (χ4v) is 5.52. The fourth-order valence-electron chi connectivity index (χ4n) is 4.09. The first kappa shape index (κ1) is 31.9. The quantitative estimate of drug-likeness (QED) is 0.0950. The number of benzene rings is 3. The molecule has 2 amide bonds. The van der Waals surface area contributed by atoms with Crippen LogP contribution in [0.4, 0.5) is 5.69 Å². The highest BCUT2D eigenvalue weighted by atomic mass is 79.9. The molecule has 45 heavy (non-hydrogen) atoms. The van der Waals surface area contributed by atoms with E-state index in [-0.39, 0.29) is 30.7 Å². The minimum Gasteiger partial charge on any atom is -0.504 e. The summed E-state index contributed by atoms with van der Waals surface area (Å²) in [5.41, 5.74) is 1.82. The van der Waals surface area contributed by atoms with Gasteiger partial charge in [0.15, 0.2) is 23.3 Å². The van der Waals surface area contributed by atoms with E-state index in [2.05, 4.69) is 31.4 Å². The molecule has 230 valence electrons. The number of nitrogens with zero attached hydrogens (tertiary/aromatic N) is 3. The van der Waals surface area contributed by atoms with Crippen LogP contribution in [0.1, 0.15) is 23.8 Å². The van der Waals surface area contributed by atoms with Gasteiger partial charge in [0.25, 0.3) is 11.8 Å². The maximum absolute atomic E-state index is 13.6. The van der Waals surface area contributed by atoms with Crippen LogP contribution in [-0.2, 0) is 16.1 Å². The molecule has 1 aliphatic rings. The molecule has 0 spiro atoms. The average molecular weight is 710 g/mol. The largest absolute Gasteiger partial charge is 0.504 e. The van der Waals surface area contributed by atoms with Gasteiger partial charge in [-0.2, -0.15) is 5.10 Å². The number of phenols is 1. The van der Waals surface area contributed by atoms with Crippen molar-refractivity contribution in [2.45, 2.75) is 13.5 Å². The minimum atomic E-state index is -0.357. The molecule has 0 unspecified atom stereocenters. The average Bonchev–Trinajstić information content (AvgIpc) is 3.64. The molecular weight excluding hydrogens is 684 g/mol. The number of nitrogens with one attached hydrogen (secondary N) is 1. The number of halogens is 2. The van der Waals surface area contributed by atoms with Crippen molar-refractivity contribution in [2.24, 2.45) is 10.2 Å². The van der Waals surface area contributed by atoms with Crippen molar-refractivity contribution in [3.63, 3.8) is 0 Å². The lowest BCUT2D eigenvalue weighted by molar-refractivity contribution is -0.122. The molecule has 1 aromatic heterocycles. The first-order valence-electron chi connectivity index (χ1n) is 13.6. The number of thioether (sulfide) groups is 1. The van der Waals surface area contributed by atoms with Gasteiger partial charge < -0.3 is 24.3 Å². The maximum atomic E-state index is 13.6. The van der Waals surface area contributed by atoms with E-state index in [1.807, 2.05) is 6.92 Å². The Kier molecular flexibility index (Phi) is 10.6. The number of ether oxygens (including phenoxy) is 2. The first-order chi connectivity index (χ1) is 21.8. The molecule has 5 rings (SSSR count). The molecule has 3 aromatic carbocycles. The molecule has 1 aliphatic heterocycles. The molecule has 2 heterocycles. The Balaban J connectivity index is 1.37. The number of amides is 2. The Labute approximate surface area is 276 Å². The number of anilines is 1. The summed E-state index contributed by atoms with van der Waals surface area (Å²) < 4.78 is 17.5. The van der Waals surface area contributed by atoms with Crippen LogP contribution in [0, 0.1) is 0 Å². The van der Waals surface area contributed by atoms with Crippen LogP contribution in [0.2, 0.25) is 5.02 Å². The lowest BCUT2D eigenvalue weighted by Crippen LogP contribution is -2.28. The highest BCUT2D eigenvalue weighted by molar-refractivity contribution is 9.10. The van der Waals surface area contributed by atoms with Gasteiger partial charge in [0.1, 0.15) is 11.5 Å². The second kappa shape index (κ2) is 15.0. The van der Waals surface area contributed by atoms with E-state index in [1.165, 1.54) is 23.4 Å². The van der Waals surface area contributed by atoms with Gasteiger partial charge in [-0.25, -0.2) is 0 Å². The number of hydrogen-bond donors (Lipinski definition) is 2. The minimum absolute atomic E-state index is 0.0229. The Morgan fingerprint density at radius 1 is 1.11 bits per heavy atom. The van der Waals surface area contributed by atoms with E-state index < -0.39 is 0 Å². The standard InChI is InChI=1S/C32H26BrClN4O6S/c1-2-42-28-14-20(5-11-26(28)39)17-35-37-32-38(18-25-4-3-13-43-25)31(41)29(45-32)16-21-15-22(33)6-12-27(21)44-19-30(40)36-24-9-7-23(34)8-10-24/h3-17,39H,2,18-19H2,1H3,(H,36,40)/b29-16-,35-17+,37-32-. The van der Waals surface area contributed by atoms with Crippen LogP contribution in [0.3, 0.4) is 0 Å². The number of hydrogen-bond acceptors (Lipinski definition) is 9. The fraction of sp³-hybridized carbons (Fsp3) is 0.125. The lowest BCUT2D eigenvalue weighted by atomic mass is 10.2. The van der Waals surface area contributed by atoms with Crippen molar-refractivity contribution in [2.75, 3.05) is 18.5 Å². The number of phenolic OH excluding ortho intramolecular Hbond substituents is 1. The SMILES string of the molecule is CCOc1cc(/C=N/N=C2\S/C(=C\c3cc(Br)ccc3OCC(=O)Nc3ccc(Cl)cc3)C(=O)N2Cc2ccco2)ccc1O. The molecule has 4 aromatic rings. The highest BCUT2D eigenvalue weighted by Gasteiger charge is 2.34. The zero-order chi connectivity index (χ0) is 31.8. The first-order valence-corrected chi connectivity index (χ1v) is 15.6. The zero-order valence-corrected chi connectivity index (χ0v) is 26.9. The Hall–Kier alpha value is -4.52. The van der Waals surface area contributed by atoms with Crippen molar-refractivity contribution < 1.29 is 28.6 Å². The van der Waals surface area contributed by atoms with Crippen molar-refractivity contribution >= 4 is 74.3 Å². The lowest BCUT2D eigenvalue weighted by Gasteiger charge is -2.13. The van der Waals surface area contributed by atoms with E-state index in [9.17, 15) is 14.7 Å². The normalized spacial score (nSPS) is 14.9. The predicted molar refractivity (Wildman–Crippen MR) is 179 cm³/mol. The van der Waals surface area contributed by atoms with Crippen LogP contribution < -0.4 is 14.8 Å². The van der Waals surface area contributed by atoms with Gasteiger partial charge >= 0.3 is 0 Å². The summed E-state index contributed by atoms with van der Waals surface area (Å²) in [5, 5.41) is 22.2. The topological polar surface area (TPSA) is 126 Å². The molecule has 1 saturated heterocycles. The third-order valence-electron chi connectivity index (χ3n) is 6.16. The van der Waals surface area contributed by atoms with Gasteiger partial charge in [-0.3, -0.25) is 14.5 Å². The predicted octanol–water partition coefficient (Wildman–Crippen LogP) is 7.32. The summed E-state index contributed by atoms with van der Waals surface area (Å²) in [7, 11) is 0. The molecule has 0 atom stereocenters. The van der Waals surface area contributed by atoms with E-state index in [1.54, 1.807) is 72.8 Å². The highest BCUT2D eigenvalue weighted by Crippen LogP contribution is 2.36. The summed E-state index contributed by atoms with van der Waals surface area (Å²) >= 11 is 10.5. The Morgan fingerprint density at radius 2 is 1.93 bits per heavy atom. The van der Waals surface area contributed by atoms with Gasteiger partial charge in [0.05, 0.1) is 30.5 Å². The van der Waals surface area contributed by atoms with Crippen molar-refractivity contribution in [3.8, 4) is 17.2 Å². The van der Waals surface area contributed by atoms with Crippen LogP contribution in [0.5, 0.6) is 17.2 Å². The van der Waals surface area contributed by atoms with E-state index in [0.717, 1.165) is 16.2 Å².